The molecule has 2 heteroatoms. The highest BCUT2D eigenvalue weighted by atomic mass is 16.1. The van der Waals surface area contributed by atoms with Gasteiger partial charge in [-0.05, 0) is 33.3 Å². The predicted octanol–water partition coefficient (Wildman–Crippen LogP) is 3.30. The van der Waals surface area contributed by atoms with Gasteiger partial charge in [0.25, 0.3) is 0 Å². The fourth-order valence-corrected chi connectivity index (χ4v) is 1.57. The first kappa shape index (κ1) is 13.5. The number of nitrogens with one attached hydrogen (secondary N) is 1. The van der Waals surface area contributed by atoms with E-state index in [1.807, 2.05) is 58.0 Å². The lowest BCUT2D eigenvalue weighted by Gasteiger charge is -2.14. The molecule has 1 rings (SSSR count). The summed E-state index contributed by atoms with van der Waals surface area (Å²) in [4.78, 5) is 11.9. The van der Waals surface area contributed by atoms with Crippen molar-refractivity contribution in [1.29, 1.82) is 0 Å². The third kappa shape index (κ3) is 4.06. The van der Waals surface area contributed by atoms with Gasteiger partial charge in [-0.3, -0.25) is 4.79 Å². The Morgan fingerprint density at radius 2 is 1.76 bits per heavy atom. The Morgan fingerprint density at radius 1 is 1.18 bits per heavy atom. The average molecular weight is 231 g/mol. The molecular formula is C15H21NO. The van der Waals surface area contributed by atoms with E-state index < -0.39 is 0 Å². The normalized spacial score (nSPS) is 11.8. The zero-order valence-corrected chi connectivity index (χ0v) is 11.1. The first-order chi connectivity index (χ1) is 8.02. The minimum atomic E-state index is -0.0521. The minimum Gasteiger partial charge on any atom is -0.352 e. The van der Waals surface area contributed by atoms with Crippen molar-refractivity contribution >= 4 is 5.91 Å². The van der Waals surface area contributed by atoms with Crippen LogP contribution in [0.4, 0.5) is 0 Å². The first-order valence-electron chi connectivity index (χ1n) is 5.98. The number of carbonyl (C=O) groups is 1. The number of rotatable bonds is 4. The Labute approximate surface area is 104 Å². The second-order valence-electron chi connectivity index (χ2n) is 4.61. The molecule has 0 fully saturated rings. The summed E-state index contributed by atoms with van der Waals surface area (Å²) in [5.41, 5.74) is 3.49. The molecule has 0 bridgehead atoms. The highest BCUT2D eigenvalue weighted by Gasteiger charge is 2.14. The summed E-state index contributed by atoms with van der Waals surface area (Å²) in [7, 11) is 0. The Morgan fingerprint density at radius 3 is 2.29 bits per heavy atom. The van der Waals surface area contributed by atoms with Crippen molar-refractivity contribution in [2.24, 2.45) is 5.92 Å². The topological polar surface area (TPSA) is 29.1 Å². The maximum atomic E-state index is 11.9. The van der Waals surface area contributed by atoms with Gasteiger partial charge < -0.3 is 5.32 Å². The molecule has 0 spiro atoms. The van der Waals surface area contributed by atoms with Crippen LogP contribution in [-0.4, -0.2) is 5.91 Å². The maximum absolute atomic E-state index is 11.9. The molecule has 17 heavy (non-hydrogen) atoms. The minimum absolute atomic E-state index is 0.0521. The summed E-state index contributed by atoms with van der Waals surface area (Å²) in [6, 6.07) is 9.96. The summed E-state index contributed by atoms with van der Waals surface area (Å²) in [6.07, 6.45) is 0. The molecule has 0 aromatic heterocycles. The van der Waals surface area contributed by atoms with Crippen molar-refractivity contribution in [3.05, 3.63) is 47.0 Å². The van der Waals surface area contributed by atoms with Gasteiger partial charge >= 0.3 is 0 Å². The molecule has 0 heterocycles. The van der Waals surface area contributed by atoms with Gasteiger partial charge in [0.1, 0.15) is 0 Å². The van der Waals surface area contributed by atoms with E-state index in [-0.39, 0.29) is 11.8 Å². The molecule has 1 atom stereocenters. The molecule has 92 valence electrons. The van der Waals surface area contributed by atoms with Crippen molar-refractivity contribution in [2.45, 2.75) is 34.2 Å². The van der Waals surface area contributed by atoms with Gasteiger partial charge in [-0.2, -0.15) is 0 Å². The van der Waals surface area contributed by atoms with Crippen LogP contribution in [0.1, 0.15) is 33.3 Å². The van der Waals surface area contributed by atoms with Gasteiger partial charge in [-0.1, -0.05) is 41.5 Å². The van der Waals surface area contributed by atoms with Crippen LogP contribution >= 0.6 is 0 Å². The van der Waals surface area contributed by atoms with Crippen LogP contribution in [0.15, 0.2) is 41.5 Å². The van der Waals surface area contributed by atoms with Crippen molar-refractivity contribution in [1.82, 2.24) is 5.32 Å². The molecular weight excluding hydrogens is 210 g/mol. The molecule has 0 radical (unpaired) electrons. The van der Waals surface area contributed by atoms with Crippen molar-refractivity contribution in [3.63, 3.8) is 0 Å². The van der Waals surface area contributed by atoms with E-state index in [0.29, 0.717) is 6.54 Å². The molecule has 0 saturated carbocycles. The molecule has 1 aromatic carbocycles. The van der Waals surface area contributed by atoms with Crippen LogP contribution in [0.3, 0.4) is 0 Å². The fourth-order valence-electron chi connectivity index (χ4n) is 1.57. The second-order valence-corrected chi connectivity index (χ2v) is 4.61. The van der Waals surface area contributed by atoms with Crippen molar-refractivity contribution < 1.29 is 4.79 Å². The Kier molecular flexibility index (Phi) is 4.95. The van der Waals surface area contributed by atoms with E-state index in [1.54, 1.807) is 0 Å². The highest BCUT2D eigenvalue weighted by Crippen LogP contribution is 2.14. The number of allylic oxidation sites excluding steroid dienone is 1. The van der Waals surface area contributed by atoms with E-state index >= 15 is 0 Å². The molecule has 0 aliphatic rings. The monoisotopic (exact) mass is 231 g/mol. The Hall–Kier alpha value is -1.57. The standard InChI is InChI=1S/C15H21NO/c1-11(2)12(3)13(4)15(17)16-10-14-8-6-5-7-9-14/h5-9,13H,10H2,1-4H3,(H,16,17). The Bertz CT molecular complexity index is 402. The van der Waals surface area contributed by atoms with Crippen LogP contribution in [0.5, 0.6) is 0 Å². The number of amides is 1. The summed E-state index contributed by atoms with van der Waals surface area (Å²) >= 11 is 0. The summed E-state index contributed by atoms with van der Waals surface area (Å²) < 4.78 is 0. The largest absolute Gasteiger partial charge is 0.352 e. The lowest BCUT2D eigenvalue weighted by atomic mass is 9.98. The molecule has 1 aromatic rings. The van der Waals surface area contributed by atoms with Crippen LogP contribution in [0, 0.1) is 5.92 Å². The van der Waals surface area contributed by atoms with Crippen molar-refractivity contribution in [3.8, 4) is 0 Å². The number of hydrogen-bond acceptors (Lipinski definition) is 1. The van der Waals surface area contributed by atoms with Gasteiger partial charge in [0.2, 0.25) is 5.91 Å². The van der Waals surface area contributed by atoms with E-state index in [0.717, 1.165) is 11.1 Å². The van der Waals surface area contributed by atoms with E-state index in [4.69, 9.17) is 0 Å². The van der Waals surface area contributed by atoms with Gasteiger partial charge in [0.05, 0.1) is 5.92 Å². The zero-order chi connectivity index (χ0) is 12.8. The summed E-state index contributed by atoms with van der Waals surface area (Å²) in [5.74, 6) is 0.0382. The number of carbonyl (C=O) groups excluding carboxylic acids is 1. The highest BCUT2D eigenvalue weighted by molar-refractivity contribution is 5.81. The van der Waals surface area contributed by atoms with E-state index in [9.17, 15) is 4.79 Å². The smallest absolute Gasteiger partial charge is 0.227 e. The van der Waals surface area contributed by atoms with E-state index in [1.165, 1.54) is 5.57 Å². The number of hydrogen-bond donors (Lipinski definition) is 1. The average Bonchev–Trinajstić information content (AvgIpc) is 2.35. The molecule has 2 nitrogen and oxygen atoms in total. The lowest BCUT2D eigenvalue weighted by molar-refractivity contribution is -0.123. The summed E-state index contributed by atoms with van der Waals surface area (Å²) in [5, 5.41) is 2.96. The van der Waals surface area contributed by atoms with E-state index in [2.05, 4.69) is 5.32 Å². The Balaban J connectivity index is 2.54. The van der Waals surface area contributed by atoms with Crippen LogP contribution in [0.25, 0.3) is 0 Å². The third-order valence-corrected chi connectivity index (χ3v) is 3.14. The summed E-state index contributed by atoms with van der Waals surface area (Å²) in [6.45, 7) is 8.64. The SMILES string of the molecule is CC(C)=C(C)C(C)C(=O)NCc1ccccc1. The quantitative estimate of drug-likeness (QED) is 0.791. The lowest BCUT2D eigenvalue weighted by Crippen LogP contribution is -2.29. The fraction of sp³-hybridized carbons (Fsp3) is 0.400. The zero-order valence-electron chi connectivity index (χ0n) is 11.1. The molecule has 0 aliphatic carbocycles. The van der Waals surface area contributed by atoms with Gasteiger partial charge in [0, 0.05) is 6.54 Å². The van der Waals surface area contributed by atoms with Crippen molar-refractivity contribution in [2.75, 3.05) is 0 Å². The maximum Gasteiger partial charge on any atom is 0.227 e. The molecule has 0 aliphatic heterocycles. The van der Waals surface area contributed by atoms with Gasteiger partial charge in [0.15, 0.2) is 0 Å². The van der Waals surface area contributed by atoms with Gasteiger partial charge in [-0.15, -0.1) is 0 Å². The second kappa shape index (κ2) is 6.24. The number of benzene rings is 1. The van der Waals surface area contributed by atoms with Crippen LogP contribution < -0.4 is 5.32 Å². The first-order valence-corrected chi connectivity index (χ1v) is 5.98. The molecule has 1 unspecified atom stereocenters. The molecule has 1 N–H and O–H groups in total. The third-order valence-electron chi connectivity index (χ3n) is 3.14. The predicted molar refractivity (Wildman–Crippen MR) is 71.5 cm³/mol. The molecule has 1 amide bonds. The van der Waals surface area contributed by atoms with Crippen LogP contribution in [-0.2, 0) is 11.3 Å². The van der Waals surface area contributed by atoms with Crippen LogP contribution in [0.2, 0.25) is 0 Å². The molecule has 0 saturated heterocycles. The van der Waals surface area contributed by atoms with Gasteiger partial charge in [-0.25, -0.2) is 0 Å².